The summed E-state index contributed by atoms with van der Waals surface area (Å²) in [6, 6.07) is 12.8. The van der Waals surface area contributed by atoms with Crippen molar-refractivity contribution < 1.29 is 9.15 Å². The second kappa shape index (κ2) is 6.33. The van der Waals surface area contributed by atoms with E-state index in [9.17, 15) is 0 Å². The molecule has 3 aromatic rings. The van der Waals surface area contributed by atoms with Crippen LogP contribution in [0.5, 0.6) is 5.75 Å². The van der Waals surface area contributed by atoms with Gasteiger partial charge in [-0.2, -0.15) is 0 Å². The zero-order chi connectivity index (χ0) is 18.4. The van der Waals surface area contributed by atoms with Gasteiger partial charge in [0, 0.05) is 16.5 Å². The smallest absolute Gasteiger partial charge is 0.141 e. The van der Waals surface area contributed by atoms with Crippen molar-refractivity contribution in [3.63, 3.8) is 0 Å². The SMILES string of the molecule is CC1=C(c2ccccc2)c2cc3c(C)c(CN(C)C)oc3c(C)c2OC1. The highest BCUT2D eigenvalue weighted by molar-refractivity contribution is 5.96. The number of ether oxygens (including phenoxy) is 1. The Labute approximate surface area is 154 Å². The summed E-state index contributed by atoms with van der Waals surface area (Å²) in [5.41, 5.74) is 8.21. The number of benzene rings is 2. The van der Waals surface area contributed by atoms with Crippen LogP contribution in [-0.2, 0) is 6.54 Å². The Morgan fingerprint density at radius 1 is 1.00 bits per heavy atom. The Kier molecular flexibility index (Phi) is 4.12. The second-order valence-electron chi connectivity index (χ2n) is 7.45. The van der Waals surface area contributed by atoms with Crippen LogP contribution in [0.15, 0.2) is 46.4 Å². The molecule has 0 aliphatic carbocycles. The number of fused-ring (bicyclic) bond motifs is 2. The number of aryl methyl sites for hydroxylation is 2. The predicted octanol–water partition coefficient (Wildman–Crippen LogP) is 5.33. The van der Waals surface area contributed by atoms with Crippen LogP contribution in [0.1, 0.15) is 34.9 Å². The topological polar surface area (TPSA) is 25.6 Å². The first-order valence-electron chi connectivity index (χ1n) is 9.06. The van der Waals surface area contributed by atoms with Crippen LogP contribution in [0, 0.1) is 13.8 Å². The third-order valence-corrected chi connectivity index (χ3v) is 5.16. The molecule has 134 valence electrons. The molecule has 4 rings (SSSR count). The molecule has 0 radical (unpaired) electrons. The van der Waals surface area contributed by atoms with Crippen molar-refractivity contribution in [2.24, 2.45) is 0 Å². The van der Waals surface area contributed by atoms with Crippen molar-refractivity contribution >= 4 is 16.5 Å². The van der Waals surface area contributed by atoms with Crippen molar-refractivity contribution in [2.45, 2.75) is 27.3 Å². The molecule has 0 saturated heterocycles. The number of hydrogen-bond acceptors (Lipinski definition) is 3. The number of furan rings is 1. The van der Waals surface area contributed by atoms with Gasteiger partial charge in [0.2, 0.25) is 0 Å². The monoisotopic (exact) mass is 347 g/mol. The molecule has 0 bridgehead atoms. The second-order valence-corrected chi connectivity index (χ2v) is 7.45. The van der Waals surface area contributed by atoms with Crippen LogP contribution < -0.4 is 4.74 Å². The maximum absolute atomic E-state index is 6.24. The summed E-state index contributed by atoms with van der Waals surface area (Å²) in [4.78, 5) is 2.13. The van der Waals surface area contributed by atoms with Crippen LogP contribution in [0.4, 0.5) is 0 Å². The van der Waals surface area contributed by atoms with E-state index in [4.69, 9.17) is 9.15 Å². The summed E-state index contributed by atoms with van der Waals surface area (Å²) in [6.07, 6.45) is 0. The Bertz CT molecular complexity index is 1010. The van der Waals surface area contributed by atoms with Crippen molar-refractivity contribution in [1.82, 2.24) is 4.90 Å². The summed E-state index contributed by atoms with van der Waals surface area (Å²) < 4.78 is 12.4. The van der Waals surface area contributed by atoms with Crippen LogP contribution in [0.2, 0.25) is 0 Å². The van der Waals surface area contributed by atoms with Crippen molar-refractivity contribution in [1.29, 1.82) is 0 Å². The van der Waals surface area contributed by atoms with Crippen LogP contribution in [-0.4, -0.2) is 25.6 Å². The molecule has 1 aliphatic rings. The lowest BCUT2D eigenvalue weighted by Gasteiger charge is -2.24. The van der Waals surface area contributed by atoms with Gasteiger partial charge in [0.05, 0.1) is 6.54 Å². The summed E-state index contributed by atoms with van der Waals surface area (Å²) in [5.74, 6) is 1.98. The number of hydrogen-bond donors (Lipinski definition) is 0. The highest BCUT2D eigenvalue weighted by atomic mass is 16.5. The Hall–Kier alpha value is -2.52. The molecule has 3 nitrogen and oxygen atoms in total. The van der Waals surface area contributed by atoms with Gasteiger partial charge in [-0.15, -0.1) is 0 Å². The molecule has 0 atom stereocenters. The Morgan fingerprint density at radius 3 is 2.42 bits per heavy atom. The van der Waals surface area contributed by atoms with E-state index >= 15 is 0 Å². The van der Waals surface area contributed by atoms with Gasteiger partial charge in [0.25, 0.3) is 0 Å². The Morgan fingerprint density at radius 2 is 1.73 bits per heavy atom. The average molecular weight is 347 g/mol. The Balaban J connectivity index is 1.97. The molecular formula is C23H25NO2. The summed E-state index contributed by atoms with van der Waals surface area (Å²) >= 11 is 0. The molecule has 0 fully saturated rings. The summed E-state index contributed by atoms with van der Waals surface area (Å²) in [6.45, 7) is 7.83. The van der Waals surface area contributed by atoms with Crippen LogP contribution >= 0.6 is 0 Å². The van der Waals surface area contributed by atoms with Gasteiger partial charge >= 0.3 is 0 Å². The van der Waals surface area contributed by atoms with E-state index in [0.717, 1.165) is 29.2 Å². The zero-order valence-electron chi connectivity index (χ0n) is 16.1. The fraction of sp³-hybridized carbons (Fsp3) is 0.304. The van der Waals surface area contributed by atoms with Gasteiger partial charge in [-0.3, -0.25) is 0 Å². The van der Waals surface area contributed by atoms with Gasteiger partial charge in [0.1, 0.15) is 23.7 Å². The van der Waals surface area contributed by atoms with E-state index in [0.29, 0.717) is 6.61 Å². The normalized spacial score (nSPS) is 14.1. The van der Waals surface area contributed by atoms with E-state index in [1.165, 1.54) is 33.2 Å². The minimum atomic E-state index is 0.619. The molecule has 0 unspecified atom stereocenters. The molecule has 0 amide bonds. The van der Waals surface area contributed by atoms with E-state index < -0.39 is 0 Å². The third-order valence-electron chi connectivity index (χ3n) is 5.16. The lowest BCUT2D eigenvalue weighted by atomic mass is 9.89. The molecule has 1 aromatic heterocycles. The van der Waals surface area contributed by atoms with Crippen LogP contribution in [0.3, 0.4) is 0 Å². The molecule has 0 spiro atoms. The van der Waals surface area contributed by atoms with Gasteiger partial charge in [-0.1, -0.05) is 30.3 Å². The summed E-state index contributed by atoms with van der Waals surface area (Å²) in [5, 5.41) is 1.19. The molecule has 0 N–H and O–H groups in total. The van der Waals surface area contributed by atoms with Gasteiger partial charge in [-0.25, -0.2) is 0 Å². The quantitative estimate of drug-likeness (QED) is 0.641. The lowest BCUT2D eigenvalue weighted by molar-refractivity contribution is 0.342. The number of rotatable bonds is 3. The summed E-state index contributed by atoms with van der Waals surface area (Å²) in [7, 11) is 4.13. The molecular weight excluding hydrogens is 322 g/mol. The standard InChI is InChI=1S/C23H25NO2/c1-14-13-25-22-16(3)23-18(15(2)20(26-23)12-24(4)5)11-19(22)21(14)17-9-7-6-8-10-17/h6-11H,12-13H2,1-5H3. The molecule has 3 heteroatoms. The maximum Gasteiger partial charge on any atom is 0.141 e. The van der Waals surface area contributed by atoms with E-state index in [-0.39, 0.29) is 0 Å². The van der Waals surface area contributed by atoms with Crippen molar-refractivity contribution in [3.8, 4) is 5.75 Å². The zero-order valence-corrected chi connectivity index (χ0v) is 16.1. The van der Waals surface area contributed by atoms with Gasteiger partial charge in [-0.05, 0) is 63.2 Å². The van der Waals surface area contributed by atoms with Gasteiger partial charge < -0.3 is 14.1 Å². The first-order chi connectivity index (χ1) is 12.5. The van der Waals surface area contributed by atoms with Crippen molar-refractivity contribution in [2.75, 3.05) is 20.7 Å². The number of nitrogens with zero attached hydrogens (tertiary/aromatic N) is 1. The first-order valence-corrected chi connectivity index (χ1v) is 9.06. The molecule has 2 heterocycles. The highest BCUT2D eigenvalue weighted by Gasteiger charge is 2.25. The minimum absolute atomic E-state index is 0.619. The fourth-order valence-electron chi connectivity index (χ4n) is 3.84. The lowest BCUT2D eigenvalue weighted by Crippen LogP contribution is -2.11. The molecule has 0 saturated carbocycles. The van der Waals surface area contributed by atoms with Crippen molar-refractivity contribution in [3.05, 3.63) is 70.0 Å². The molecule has 1 aliphatic heterocycles. The molecule has 2 aromatic carbocycles. The highest BCUT2D eigenvalue weighted by Crippen LogP contribution is 2.44. The fourth-order valence-corrected chi connectivity index (χ4v) is 3.84. The first kappa shape index (κ1) is 16.9. The largest absolute Gasteiger partial charge is 0.488 e. The van der Waals surface area contributed by atoms with Gasteiger partial charge in [0.15, 0.2) is 0 Å². The van der Waals surface area contributed by atoms with E-state index in [2.05, 4.69) is 76.2 Å². The van der Waals surface area contributed by atoms with Crippen LogP contribution in [0.25, 0.3) is 16.5 Å². The maximum atomic E-state index is 6.24. The minimum Gasteiger partial charge on any atom is -0.488 e. The van der Waals surface area contributed by atoms with E-state index in [1.54, 1.807) is 0 Å². The predicted molar refractivity (Wildman–Crippen MR) is 107 cm³/mol. The van der Waals surface area contributed by atoms with E-state index in [1.807, 2.05) is 0 Å². The molecule has 26 heavy (non-hydrogen) atoms. The third kappa shape index (κ3) is 2.63. The average Bonchev–Trinajstić information content (AvgIpc) is 2.92.